The van der Waals surface area contributed by atoms with Crippen molar-refractivity contribution in [3.8, 4) is 0 Å². The van der Waals surface area contributed by atoms with Gasteiger partial charge in [0.1, 0.15) is 0 Å². The van der Waals surface area contributed by atoms with E-state index >= 15 is 0 Å². The second-order valence-corrected chi connectivity index (χ2v) is 5.88. The second kappa shape index (κ2) is 3.93. The van der Waals surface area contributed by atoms with Gasteiger partial charge >= 0.3 is 0 Å². The first-order valence-corrected chi connectivity index (χ1v) is 6.77. The minimum atomic E-state index is 0.744. The van der Waals surface area contributed by atoms with Crippen LogP contribution in [0.3, 0.4) is 0 Å². The summed E-state index contributed by atoms with van der Waals surface area (Å²) in [5, 5.41) is 3.87. The van der Waals surface area contributed by atoms with Crippen LogP contribution in [0.1, 0.15) is 45.4 Å². The van der Waals surface area contributed by atoms with Crippen LogP contribution in [-0.2, 0) is 0 Å². The summed E-state index contributed by atoms with van der Waals surface area (Å²) >= 11 is 0. The molecule has 0 spiro atoms. The molecule has 3 rings (SSSR count). The van der Waals surface area contributed by atoms with E-state index in [1.165, 1.54) is 38.5 Å². The van der Waals surface area contributed by atoms with Crippen LogP contribution in [0.15, 0.2) is 12.2 Å². The van der Waals surface area contributed by atoms with Crippen LogP contribution < -0.4 is 5.32 Å². The zero-order chi connectivity index (χ0) is 10.3. The van der Waals surface area contributed by atoms with E-state index in [-0.39, 0.29) is 0 Å². The molecule has 0 aromatic carbocycles. The van der Waals surface area contributed by atoms with Crippen LogP contribution in [0.25, 0.3) is 0 Å². The first kappa shape index (κ1) is 9.89. The standard InChI is InChI=1S/C14H23N/c1-10(15-13-4-2-3-5-13)14-9-11-6-7-12(14)8-11/h6-7,10-15H,2-5,8-9H2,1H3. The quantitative estimate of drug-likeness (QED) is 0.698. The first-order chi connectivity index (χ1) is 7.33. The van der Waals surface area contributed by atoms with Crippen molar-refractivity contribution in [1.29, 1.82) is 0 Å². The lowest BCUT2D eigenvalue weighted by molar-refractivity contribution is 0.300. The third-order valence-electron chi connectivity index (χ3n) is 4.83. The summed E-state index contributed by atoms with van der Waals surface area (Å²) in [5.41, 5.74) is 0. The molecular formula is C14H23N. The summed E-state index contributed by atoms with van der Waals surface area (Å²) in [6.07, 6.45) is 13.5. The molecule has 1 N–H and O–H groups in total. The Morgan fingerprint density at radius 2 is 1.93 bits per heavy atom. The van der Waals surface area contributed by atoms with Crippen molar-refractivity contribution < 1.29 is 0 Å². The predicted octanol–water partition coefficient (Wildman–Crippen LogP) is 3.12. The molecule has 0 radical (unpaired) electrons. The molecule has 3 aliphatic carbocycles. The van der Waals surface area contributed by atoms with Crippen molar-refractivity contribution in [2.45, 2.75) is 57.5 Å². The molecule has 0 heterocycles. The van der Waals surface area contributed by atoms with E-state index in [1.54, 1.807) is 0 Å². The van der Waals surface area contributed by atoms with Gasteiger partial charge in [0.05, 0.1) is 0 Å². The number of fused-ring (bicyclic) bond motifs is 2. The van der Waals surface area contributed by atoms with Gasteiger partial charge in [-0.25, -0.2) is 0 Å². The molecule has 15 heavy (non-hydrogen) atoms. The van der Waals surface area contributed by atoms with E-state index in [0.29, 0.717) is 0 Å². The van der Waals surface area contributed by atoms with Crippen LogP contribution in [0, 0.1) is 17.8 Å². The van der Waals surface area contributed by atoms with Gasteiger partial charge < -0.3 is 5.32 Å². The zero-order valence-electron chi connectivity index (χ0n) is 9.78. The lowest BCUT2D eigenvalue weighted by Gasteiger charge is -2.29. The lowest BCUT2D eigenvalue weighted by atomic mass is 9.87. The number of nitrogens with one attached hydrogen (secondary N) is 1. The minimum absolute atomic E-state index is 0.744. The van der Waals surface area contributed by atoms with Crippen molar-refractivity contribution in [1.82, 2.24) is 5.32 Å². The second-order valence-electron chi connectivity index (χ2n) is 5.88. The van der Waals surface area contributed by atoms with Crippen LogP contribution in [0.4, 0.5) is 0 Å². The minimum Gasteiger partial charge on any atom is -0.311 e. The van der Waals surface area contributed by atoms with Crippen molar-refractivity contribution >= 4 is 0 Å². The summed E-state index contributed by atoms with van der Waals surface area (Å²) in [6, 6.07) is 1.58. The molecule has 0 aromatic rings. The highest BCUT2D eigenvalue weighted by Crippen LogP contribution is 2.45. The summed E-state index contributed by atoms with van der Waals surface area (Å²) in [4.78, 5) is 0. The maximum absolute atomic E-state index is 3.87. The Hall–Kier alpha value is -0.300. The first-order valence-electron chi connectivity index (χ1n) is 6.77. The summed E-state index contributed by atoms with van der Waals surface area (Å²) in [5.74, 6) is 2.76. The van der Waals surface area contributed by atoms with Gasteiger partial charge in [-0.1, -0.05) is 25.0 Å². The SMILES string of the molecule is CC(NC1CCCC1)C1CC2C=CC1C2. The Labute approximate surface area is 93.3 Å². The maximum Gasteiger partial charge on any atom is 0.00754 e. The van der Waals surface area contributed by atoms with Gasteiger partial charge in [-0.05, 0) is 50.4 Å². The zero-order valence-corrected chi connectivity index (χ0v) is 9.78. The van der Waals surface area contributed by atoms with Crippen molar-refractivity contribution in [2.75, 3.05) is 0 Å². The monoisotopic (exact) mass is 205 g/mol. The molecule has 2 saturated carbocycles. The van der Waals surface area contributed by atoms with Gasteiger partial charge in [0.15, 0.2) is 0 Å². The number of rotatable bonds is 3. The number of hydrogen-bond donors (Lipinski definition) is 1. The Bertz CT molecular complexity index is 252. The fourth-order valence-corrected chi connectivity index (χ4v) is 3.99. The molecule has 4 atom stereocenters. The van der Waals surface area contributed by atoms with Crippen LogP contribution in [0.5, 0.6) is 0 Å². The Balaban J connectivity index is 1.56. The van der Waals surface area contributed by atoms with E-state index in [9.17, 15) is 0 Å². The van der Waals surface area contributed by atoms with E-state index in [4.69, 9.17) is 0 Å². The van der Waals surface area contributed by atoms with E-state index < -0.39 is 0 Å². The van der Waals surface area contributed by atoms with Gasteiger partial charge in [0, 0.05) is 12.1 Å². The fourth-order valence-electron chi connectivity index (χ4n) is 3.99. The molecule has 0 saturated heterocycles. The highest BCUT2D eigenvalue weighted by Gasteiger charge is 2.38. The largest absolute Gasteiger partial charge is 0.311 e. The molecule has 0 aromatic heterocycles. The van der Waals surface area contributed by atoms with Crippen LogP contribution in [-0.4, -0.2) is 12.1 Å². The van der Waals surface area contributed by atoms with Gasteiger partial charge in [-0.3, -0.25) is 0 Å². The average molecular weight is 205 g/mol. The lowest BCUT2D eigenvalue weighted by Crippen LogP contribution is -2.41. The third-order valence-corrected chi connectivity index (χ3v) is 4.83. The van der Waals surface area contributed by atoms with Gasteiger partial charge in [0.2, 0.25) is 0 Å². The van der Waals surface area contributed by atoms with Crippen LogP contribution >= 0.6 is 0 Å². The normalized spacial score (nSPS) is 41.5. The molecule has 1 heteroatoms. The van der Waals surface area contributed by atoms with E-state index in [2.05, 4.69) is 24.4 Å². The maximum atomic E-state index is 3.87. The van der Waals surface area contributed by atoms with Gasteiger partial charge in [-0.2, -0.15) is 0 Å². The van der Waals surface area contributed by atoms with Gasteiger partial charge in [-0.15, -0.1) is 0 Å². The molecule has 4 unspecified atom stereocenters. The number of allylic oxidation sites excluding steroid dienone is 2. The molecule has 0 aliphatic heterocycles. The molecule has 1 nitrogen and oxygen atoms in total. The number of hydrogen-bond acceptors (Lipinski definition) is 1. The average Bonchev–Trinajstić information content (AvgIpc) is 2.93. The highest BCUT2D eigenvalue weighted by molar-refractivity contribution is 5.11. The highest BCUT2D eigenvalue weighted by atomic mass is 15.0. The summed E-state index contributed by atoms with van der Waals surface area (Å²) in [7, 11) is 0. The molecule has 2 bridgehead atoms. The molecular weight excluding hydrogens is 182 g/mol. The predicted molar refractivity (Wildman–Crippen MR) is 63.7 cm³/mol. The van der Waals surface area contributed by atoms with Crippen molar-refractivity contribution in [2.24, 2.45) is 17.8 Å². The van der Waals surface area contributed by atoms with E-state index in [1.807, 2.05) is 0 Å². The van der Waals surface area contributed by atoms with Crippen LogP contribution in [0.2, 0.25) is 0 Å². The fraction of sp³-hybridized carbons (Fsp3) is 0.857. The smallest absolute Gasteiger partial charge is 0.00754 e. The Kier molecular flexibility index (Phi) is 2.59. The summed E-state index contributed by atoms with van der Waals surface area (Å²) < 4.78 is 0. The van der Waals surface area contributed by atoms with Crippen molar-refractivity contribution in [3.63, 3.8) is 0 Å². The van der Waals surface area contributed by atoms with E-state index in [0.717, 1.165) is 29.8 Å². The van der Waals surface area contributed by atoms with Crippen molar-refractivity contribution in [3.05, 3.63) is 12.2 Å². The van der Waals surface area contributed by atoms with Gasteiger partial charge in [0.25, 0.3) is 0 Å². The summed E-state index contributed by atoms with van der Waals surface area (Å²) in [6.45, 7) is 2.41. The third kappa shape index (κ3) is 1.87. The molecule has 2 fully saturated rings. The Morgan fingerprint density at radius 3 is 2.53 bits per heavy atom. The Morgan fingerprint density at radius 1 is 1.13 bits per heavy atom. The topological polar surface area (TPSA) is 12.0 Å². The molecule has 3 aliphatic rings. The molecule has 84 valence electrons. The molecule has 0 amide bonds.